The number of carbonyl (C=O) groups excluding carboxylic acids is 1. The largest absolute Gasteiger partial charge is 0.508 e. The number of nitrogens with one attached hydrogen (secondary N) is 1. The first-order valence-electron chi connectivity index (χ1n) is 10.5. The van der Waals surface area contributed by atoms with E-state index >= 15 is 0 Å². The molecule has 4 aliphatic carbocycles. The van der Waals surface area contributed by atoms with E-state index in [1.165, 1.54) is 68.1 Å². The first-order chi connectivity index (χ1) is 14.5. The van der Waals surface area contributed by atoms with Crippen LogP contribution in [0.25, 0.3) is 11.0 Å². The minimum atomic E-state index is -0.733. The zero-order valence-corrected chi connectivity index (χ0v) is 17.2. The third kappa shape index (κ3) is 2.87. The quantitative estimate of drug-likeness (QED) is 0.598. The normalized spacial score (nSPS) is 29.4. The summed E-state index contributed by atoms with van der Waals surface area (Å²) in [4.78, 5) is 29.8. The van der Waals surface area contributed by atoms with E-state index < -0.39 is 11.5 Å². The number of carbonyl (C=O) groups is 1. The Morgan fingerprint density at radius 1 is 1.13 bits per heavy atom. The van der Waals surface area contributed by atoms with Crippen LogP contribution in [0.4, 0.5) is 5.13 Å². The van der Waals surface area contributed by atoms with E-state index in [9.17, 15) is 14.7 Å². The number of hydrogen-bond acceptors (Lipinski definition) is 6. The van der Waals surface area contributed by atoms with Crippen molar-refractivity contribution in [1.29, 1.82) is 0 Å². The summed E-state index contributed by atoms with van der Waals surface area (Å²) in [6.07, 6.45) is 7.79. The second-order valence-electron chi connectivity index (χ2n) is 9.36. The van der Waals surface area contributed by atoms with Gasteiger partial charge < -0.3 is 9.52 Å². The number of anilines is 1. The molecule has 2 heterocycles. The van der Waals surface area contributed by atoms with Crippen molar-refractivity contribution in [3.8, 4) is 5.75 Å². The number of nitrogens with zero attached hydrogens (tertiary/aromatic N) is 1. The summed E-state index contributed by atoms with van der Waals surface area (Å²) in [6, 6.07) is 5.95. The van der Waals surface area contributed by atoms with Crippen LogP contribution in [0.1, 0.15) is 54.6 Å². The molecule has 30 heavy (non-hydrogen) atoms. The molecule has 3 aromatic rings. The fraction of sp³-hybridized carbons (Fsp3) is 0.435. The van der Waals surface area contributed by atoms with Gasteiger partial charge in [-0.05, 0) is 74.5 Å². The SMILES string of the molecule is O=C(Nc1nc(C23CC4CC(CC(C4)C2)C3)cs1)c1cc2ccc(O)cc2oc1=O. The number of hydrogen-bond donors (Lipinski definition) is 2. The topological polar surface area (TPSA) is 92.4 Å². The van der Waals surface area contributed by atoms with Crippen LogP contribution in [0.3, 0.4) is 0 Å². The lowest BCUT2D eigenvalue weighted by Crippen LogP contribution is -2.48. The summed E-state index contributed by atoms with van der Waals surface area (Å²) in [5.41, 5.74) is 0.735. The minimum Gasteiger partial charge on any atom is -0.508 e. The zero-order chi connectivity index (χ0) is 20.5. The monoisotopic (exact) mass is 422 g/mol. The molecule has 0 spiro atoms. The smallest absolute Gasteiger partial charge is 0.349 e. The van der Waals surface area contributed by atoms with Crippen molar-refractivity contribution in [2.45, 2.75) is 43.9 Å². The summed E-state index contributed by atoms with van der Waals surface area (Å²) >= 11 is 1.42. The third-order valence-corrected chi connectivity index (χ3v) is 8.03. The van der Waals surface area contributed by atoms with Gasteiger partial charge in [-0.3, -0.25) is 10.1 Å². The van der Waals surface area contributed by atoms with Crippen LogP contribution in [0.5, 0.6) is 5.75 Å². The Balaban J connectivity index is 1.26. The highest BCUT2D eigenvalue weighted by Crippen LogP contribution is 2.60. The zero-order valence-electron chi connectivity index (χ0n) is 16.4. The molecule has 1 aromatic carbocycles. The summed E-state index contributed by atoms with van der Waals surface area (Å²) in [5, 5.41) is 15.5. The van der Waals surface area contributed by atoms with Crippen molar-refractivity contribution in [2.75, 3.05) is 5.32 Å². The van der Waals surface area contributed by atoms with Crippen LogP contribution in [-0.4, -0.2) is 16.0 Å². The maximum atomic E-state index is 12.7. The Hall–Kier alpha value is -2.67. The van der Waals surface area contributed by atoms with Gasteiger partial charge in [0, 0.05) is 22.2 Å². The van der Waals surface area contributed by atoms with Crippen molar-refractivity contribution in [2.24, 2.45) is 17.8 Å². The van der Waals surface area contributed by atoms with Crippen molar-refractivity contribution >= 4 is 33.3 Å². The van der Waals surface area contributed by atoms with Gasteiger partial charge in [0.1, 0.15) is 16.9 Å². The molecule has 0 atom stereocenters. The lowest BCUT2D eigenvalue weighted by atomic mass is 9.49. The number of fused-ring (bicyclic) bond motifs is 1. The van der Waals surface area contributed by atoms with Crippen LogP contribution in [0.2, 0.25) is 0 Å². The average Bonchev–Trinajstić information content (AvgIpc) is 3.15. The van der Waals surface area contributed by atoms with E-state index in [1.807, 2.05) is 0 Å². The Kier molecular flexibility index (Phi) is 3.87. The average molecular weight is 423 g/mol. The first kappa shape index (κ1) is 18.1. The van der Waals surface area contributed by atoms with Crippen LogP contribution in [-0.2, 0) is 5.41 Å². The van der Waals surface area contributed by atoms with Crippen molar-refractivity contribution in [3.63, 3.8) is 0 Å². The highest BCUT2D eigenvalue weighted by Gasteiger charge is 2.52. The van der Waals surface area contributed by atoms with Gasteiger partial charge >= 0.3 is 5.63 Å². The number of rotatable bonds is 3. The van der Waals surface area contributed by atoms with E-state index in [-0.39, 0.29) is 22.3 Å². The number of amides is 1. The van der Waals surface area contributed by atoms with E-state index in [1.54, 1.807) is 6.07 Å². The van der Waals surface area contributed by atoms with Crippen molar-refractivity contribution < 1.29 is 14.3 Å². The molecule has 4 aliphatic rings. The fourth-order valence-electron chi connectivity index (χ4n) is 6.42. The standard InChI is InChI=1S/C23H22N2O4S/c26-16-2-1-15-6-17(21(28)29-18(15)7-16)20(27)25-22-24-19(11-30-22)23-8-12-3-13(9-23)5-14(4-12)10-23/h1-2,6-7,11-14,26H,3-5,8-10H2,(H,24,25,27). The summed E-state index contributed by atoms with van der Waals surface area (Å²) in [6.45, 7) is 0. The summed E-state index contributed by atoms with van der Waals surface area (Å²) < 4.78 is 5.21. The predicted molar refractivity (Wildman–Crippen MR) is 114 cm³/mol. The van der Waals surface area contributed by atoms with Crippen molar-refractivity contribution in [1.82, 2.24) is 4.98 Å². The molecule has 0 aliphatic heterocycles. The number of aromatic nitrogens is 1. The number of phenols is 1. The molecular formula is C23H22N2O4S. The van der Waals surface area contributed by atoms with Gasteiger partial charge in [-0.1, -0.05) is 0 Å². The van der Waals surface area contributed by atoms with Gasteiger partial charge in [0.25, 0.3) is 5.91 Å². The Labute approximate surface area is 176 Å². The highest BCUT2D eigenvalue weighted by molar-refractivity contribution is 7.14. The molecule has 4 saturated carbocycles. The molecule has 1 amide bonds. The second-order valence-corrected chi connectivity index (χ2v) is 10.2. The molecule has 7 rings (SSSR count). The Morgan fingerprint density at radius 3 is 2.53 bits per heavy atom. The minimum absolute atomic E-state index is 0.00263. The third-order valence-electron chi connectivity index (χ3n) is 7.27. The fourth-order valence-corrected chi connectivity index (χ4v) is 7.25. The van der Waals surface area contributed by atoms with Gasteiger partial charge in [0.05, 0.1) is 5.69 Å². The van der Waals surface area contributed by atoms with Gasteiger partial charge in [0.2, 0.25) is 0 Å². The molecular weight excluding hydrogens is 400 g/mol. The molecule has 4 bridgehead atoms. The maximum absolute atomic E-state index is 12.7. The van der Waals surface area contributed by atoms with E-state index in [0.717, 1.165) is 23.4 Å². The molecule has 6 nitrogen and oxygen atoms in total. The predicted octanol–water partition coefficient (Wildman–Crippen LogP) is 4.68. The summed E-state index contributed by atoms with van der Waals surface area (Å²) in [5.74, 6) is 1.97. The van der Waals surface area contributed by atoms with Gasteiger partial charge in [-0.25, -0.2) is 9.78 Å². The highest BCUT2D eigenvalue weighted by atomic mass is 32.1. The number of aromatic hydroxyl groups is 1. The molecule has 2 aromatic heterocycles. The molecule has 154 valence electrons. The van der Waals surface area contributed by atoms with Crippen molar-refractivity contribution in [3.05, 3.63) is 51.3 Å². The molecule has 7 heteroatoms. The van der Waals surface area contributed by atoms with Crippen LogP contribution in [0, 0.1) is 17.8 Å². The van der Waals surface area contributed by atoms with E-state index in [2.05, 4.69) is 10.7 Å². The molecule has 0 radical (unpaired) electrons. The van der Waals surface area contributed by atoms with Crippen LogP contribution >= 0.6 is 11.3 Å². The van der Waals surface area contributed by atoms with E-state index in [4.69, 9.17) is 9.40 Å². The Morgan fingerprint density at radius 2 is 1.83 bits per heavy atom. The number of benzene rings is 1. The lowest BCUT2D eigenvalue weighted by Gasteiger charge is -2.56. The van der Waals surface area contributed by atoms with Gasteiger partial charge in [-0.15, -0.1) is 11.3 Å². The molecule has 0 saturated heterocycles. The first-order valence-corrected chi connectivity index (χ1v) is 11.4. The Bertz CT molecular complexity index is 1190. The second kappa shape index (κ2) is 6.41. The van der Waals surface area contributed by atoms with Gasteiger partial charge in [0.15, 0.2) is 5.13 Å². The van der Waals surface area contributed by atoms with Crippen LogP contribution in [0.15, 0.2) is 38.9 Å². The molecule has 4 fully saturated rings. The summed E-state index contributed by atoms with van der Waals surface area (Å²) in [7, 11) is 0. The molecule has 0 unspecified atom stereocenters. The number of phenolic OH excluding ortho intramolecular Hbond substituents is 1. The number of thiazole rings is 1. The van der Waals surface area contributed by atoms with Gasteiger partial charge in [-0.2, -0.15) is 0 Å². The lowest BCUT2D eigenvalue weighted by molar-refractivity contribution is -0.00688. The maximum Gasteiger partial charge on any atom is 0.349 e. The van der Waals surface area contributed by atoms with E-state index in [0.29, 0.717) is 10.5 Å². The molecule has 2 N–H and O–H groups in total. The van der Waals surface area contributed by atoms with Crippen LogP contribution < -0.4 is 10.9 Å².